The lowest BCUT2D eigenvalue weighted by molar-refractivity contribution is -0.143. The van der Waals surface area contributed by atoms with E-state index in [0.29, 0.717) is 35.0 Å². The topological polar surface area (TPSA) is 57.6 Å². The van der Waals surface area contributed by atoms with Crippen molar-refractivity contribution in [1.29, 1.82) is 0 Å². The molecule has 102 valence electrons. The van der Waals surface area contributed by atoms with E-state index in [4.69, 9.17) is 28.3 Å². The highest BCUT2D eigenvalue weighted by Crippen LogP contribution is 2.23. The molecule has 0 aliphatic carbocycles. The Hall–Kier alpha value is -1.26. The number of rotatable bonds is 2. The van der Waals surface area contributed by atoms with Crippen LogP contribution in [0.3, 0.4) is 0 Å². The van der Waals surface area contributed by atoms with Gasteiger partial charge in [-0.1, -0.05) is 23.2 Å². The van der Waals surface area contributed by atoms with Gasteiger partial charge in [-0.3, -0.25) is 9.59 Å². The van der Waals surface area contributed by atoms with Gasteiger partial charge in [-0.2, -0.15) is 0 Å². The Kier molecular flexibility index (Phi) is 4.32. The number of halogens is 2. The molecular formula is C13H13Cl2NO3. The smallest absolute Gasteiger partial charge is 0.308 e. The Bertz CT molecular complexity index is 498. The molecule has 4 nitrogen and oxygen atoms in total. The summed E-state index contributed by atoms with van der Waals surface area (Å²) in [6, 6.07) is 4.64. The van der Waals surface area contributed by atoms with Crippen molar-refractivity contribution in [2.75, 3.05) is 13.1 Å². The van der Waals surface area contributed by atoms with Crippen LogP contribution in [-0.4, -0.2) is 35.0 Å². The molecular weight excluding hydrogens is 289 g/mol. The maximum atomic E-state index is 12.3. The van der Waals surface area contributed by atoms with Gasteiger partial charge >= 0.3 is 5.97 Å². The third-order valence-electron chi connectivity index (χ3n) is 3.17. The lowest BCUT2D eigenvalue weighted by Gasteiger charge is -2.30. The third-order valence-corrected chi connectivity index (χ3v) is 3.60. The summed E-state index contributed by atoms with van der Waals surface area (Å²) in [6.45, 7) is 0.797. The maximum absolute atomic E-state index is 12.3. The molecule has 1 aliphatic heterocycles. The second kappa shape index (κ2) is 5.80. The van der Waals surface area contributed by atoms with Crippen molar-refractivity contribution >= 4 is 35.1 Å². The minimum atomic E-state index is -0.860. The first kappa shape index (κ1) is 14.2. The number of carboxylic acids is 1. The summed E-state index contributed by atoms with van der Waals surface area (Å²) in [4.78, 5) is 24.8. The van der Waals surface area contributed by atoms with Gasteiger partial charge < -0.3 is 10.0 Å². The van der Waals surface area contributed by atoms with E-state index in [1.807, 2.05) is 0 Å². The average molecular weight is 302 g/mol. The zero-order valence-electron chi connectivity index (χ0n) is 10.1. The van der Waals surface area contributed by atoms with Crippen LogP contribution in [0, 0.1) is 5.92 Å². The number of nitrogens with zero attached hydrogens (tertiary/aromatic N) is 1. The fourth-order valence-electron chi connectivity index (χ4n) is 2.22. The van der Waals surface area contributed by atoms with Crippen LogP contribution in [0.15, 0.2) is 18.2 Å². The van der Waals surface area contributed by atoms with Crippen LogP contribution in [0.4, 0.5) is 0 Å². The van der Waals surface area contributed by atoms with Crippen molar-refractivity contribution < 1.29 is 14.7 Å². The Balaban J connectivity index is 2.16. The van der Waals surface area contributed by atoms with Crippen LogP contribution in [0.1, 0.15) is 23.2 Å². The number of hydrogen-bond acceptors (Lipinski definition) is 2. The van der Waals surface area contributed by atoms with Crippen LogP contribution in [0.5, 0.6) is 0 Å². The van der Waals surface area contributed by atoms with Crippen LogP contribution < -0.4 is 0 Å². The van der Waals surface area contributed by atoms with Crippen molar-refractivity contribution in [2.24, 2.45) is 5.92 Å². The normalized spacial score (nSPS) is 19.3. The maximum Gasteiger partial charge on any atom is 0.308 e. The first-order valence-electron chi connectivity index (χ1n) is 5.95. The van der Waals surface area contributed by atoms with Gasteiger partial charge in [0.25, 0.3) is 5.91 Å². The molecule has 0 saturated carbocycles. The van der Waals surface area contributed by atoms with Gasteiger partial charge in [-0.05, 0) is 31.0 Å². The summed E-state index contributed by atoms with van der Waals surface area (Å²) < 4.78 is 0. The van der Waals surface area contributed by atoms with Crippen LogP contribution in [-0.2, 0) is 4.79 Å². The molecule has 6 heteroatoms. The fraction of sp³-hybridized carbons (Fsp3) is 0.385. The monoisotopic (exact) mass is 301 g/mol. The van der Waals surface area contributed by atoms with Gasteiger partial charge in [-0.25, -0.2) is 0 Å². The number of piperidine rings is 1. The van der Waals surface area contributed by atoms with Gasteiger partial charge in [0.2, 0.25) is 0 Å². The predicted octanol–water partition coefficient (Wildman–Crippen LogP) is 2.93. The second-order valence-corrected chi connectivity index (χ2v) is 5.46. The standard InChI is InChI=1S/C13H13Cl2NO3/c14-10-4-9(5-11(15)6-10)12(17)16-3-1-2-8(7-16)13(18)19/h4-6,8H,1-3,7H2,(H,18,19)/t8-/m1/s1. The zero-order valence-corrected chi connectivity index (χ0v) is 11.6. The van der Waals surface area contributed by atoms with Crippen molar-refractivity contribution in [3.63, 3.8) is 0 Å². The number of carbonyl (C=O) groups is 2. The molecule has 1 amide bonds. The third kappa shape index (κ3) is 3.39. The largest absolute Gasteiger partial charge is 0.481 e. The highest BCUT2D eigenvalue weighted by Gasteiger charge is 2.28. The Morgan fingerprint density at radius 1 is 1.21 bits per heavy atom. The van der Waals surface area contributed by atoms with E-state index in [1.54, 1.807) is 23.1 Å². The van der Waals surface area contributed by atoms with E-state index in [-0.39, 0.29) is 12.5 Å². The molecule has 2 rings (SSSR count). The fourth-order valence-corrected chi connectivity index (χ4v) is 2.75. The van der Waals surface area contributed by atoms with E-state index in [9.17, 15) is 9.59 Å². The van der Waals surface area contributed by atoms with Crippen LogP contribution in [0.25, 0.3) is 0 Å². The molecule has 1 aliphatic rings. The SMILES string of the molecule is O=C(O)[C@@H]1CCCN(C(=O)c2cc(Cl)cc(Cl)c2)C1. The summed E-state index contributed by atoms with van der Waals surface area (Å²) in [6.07, 6.45) is 1.30. The molecule has 1 N–H and O–H groups in total. The average Bonchev–Trinajstić information content (AvgIpc) is 2.37. The van der Waals surface area contributed by atoms with E-state index in [0.717, 1.165) is 0 Å². The Morgan fingerprint density at radius 2 is 1.84 bits per heavy atom. The Labute approximate surface area is 120 Å². The number of likely N-dealkylation sites (tertiary alicyclic amines) is 1. The van der Waals surface area contributed by atoms with E-state index in [1.165, 1.54) is 0 Å². The van der Waals surface area contributed by atoms with Gasteiger partial charge in [0, 0.05) is 28.7 Å². The number of carbonyl (C=O) groups excluding carboxylic acids is 1. The molecule has 0 radical (unpaired) electrons. The second-order valence-electron chi connectivity index (χ2n) is 4.59. The molecule has 1 fully saturated rings. The van der Waals surface area contributed by atoms with Crippen molar-refractivity contribution in [3.8, 4) is 0 Å². The summed E-state index contributed by atoms with van der Waals surface area (Å²) >= 11 is 11.7. The quantitative estimate of drug-likeness (QED) is 0.914. The van der Waals surface area contributed by atoms with Crippen molar-refractivity contribution in [2.45, 2.75) is 12.8 Å². The number of amides is 1. The molecule has 1 saturated heterocycles. The molecule has 1 atom stereocenters. The lowest BCUT2D eigenvalue weighted by atomic mass is 9.97. The van der Waals surface area contributed by atoms with Crippen LogP contribution in [0.2, 0.25) is 10.0 Å². The minimum Gasteiger partial charge on any atom is -0.481 e. The predicted molar refractivity (Wildman–Crippen MR) is 72.7 cm³/mol. The molecule has 0 aromatic heterocycles. The van der Waals surface area contributed by atoms with Gasteiger partial charge in [0.15, 0.2) is 0 Å². The summed E-state index contributed by atoms with van der Waals surface area (Å²) in [5.41, 5.74) is 0.392. The van der Waals surface area contributed by atoms with E-state index < -0.39 is 11.9 Å². The number of aliphatic carboxylic acids is 1. The lowest BCUT2D eigenvalue weighted by Crippen LogP contribution is -2.42. The molecule has 1 aromatic rings. The number of benzene rings is 1. The van der Waals surface area contributed by atoms with Gasteiger partial charge in [-0.15, -0.1) is 0 Å². The van der Waals surface area contributed by atoms with Crippen molar-refractivity contribution in [3.05, 3.63) is 33.8 Å². The van der Waals surface area contributed by atoms with Crippen molar-refractivity contribution in [1.82, 2.24) is 4.90 Å². The first-order chi connectivity index (χ1) is 8.97. The molecule has 19 heavy (non-hydrogen) atoms. The first-order valence-corrected chi connectivity index (χ1v) is 6.71. The zero-order chi connectivity index (χ0) is 14.0. The molecule has 0 bridgehead atoms. The van der Waals surface area contributed by atoms with E-state index >= 15 is 0 Å². The highest BCUT2D eigenvalue weighted by atomic mass is 35.5. The summed E-state index contributed by atoms with van der Waals surface area (Å²) in [5.74, 6) is -1.58. The minimum absolute atomic E-state index is 0.227. The molecule has 1 heterocycles. The molecule has 1 aromatic carbocycles. The Morgan fingerprint density at radius 3 is 2.42 bits per heavy atom. The summed E-state index contributed by atoms with van der Waals surface area (Å²) in [5, 5.41) is 9.80. The van der Waals surface area contributed by atoms with Gasteiger partial charge in [0.05, 0.1) is 5.92 Å². The number of hydrogen-bond donors (Lipinski definition) is 1. The number of carboxylic acid groups (broad SMARTS) is 1. The molecule has 0 spiro atoms. The van der Waals surface area contributed by atoms with Gasteiger partial charge in [0.1, 0.15) is 0 Å². The van der Waals surface area contributed by atoms with Crippen LogP contribution >= 0.6 is 23.2 Å². The summed E-state index contributed by atoms with van der Waals surface area (Å²) in [7, 11) is 0. The van der Waals surface area contributed by atoms with E-state index in [2.05, 4.69) is 0 Å². The highest BCUT2D eigenvalue weighted by molar-refractivity contribution is 6.35. The molecule has 0 unspecified atom stereocenters.